The van der Waals surface area contributed by atoms with Gasteiger partial charge in [-0.2, -0.15) is 0 Å². The van der Waals surface area contributed by atoms with E-state index in [4.69, 9.17) is 9.47 Å². The summed E-state index contributed by atoms with van der Waals surface area (Å²) >= 11 is 0. The maximum Gasteiger partial charge on any atom is 0.419 e. The Morgan fingerprint density at radius 3 is 1.45 bits per heavy atom. The van der Waals surface area contributed by atoms with Crippen molar-refractivity contribution >= 4 is 11.9 Å². The maximum atomic E-state index is 11.9. The van der Waals surface area contributed by atoms with Crippen LogP contribution in [0.2, 0.25) is 0 Å². The number of rotatable bonds is 2. The van der Waals surface area contributed by atoms with E-state index in [9.17, 15) is 9.59 Å². The van der Waals surface area contributed by atoms with Crippen molar-refractivity contribution in [1.82, 2.24) is 20.4 Å². The van der Waals surface area contributed by atoms with Crippen molar-refractivity contribution in [2.24, 2.45) is 10.8 Å². The highest BCUT2D eigenvalue weighted by Gasteiger charge is 2.58. The molecule has 4 aliphatic heterocycles. The summed E-state index contributed by atoms with van der Waals surface area (Å²) in [6, 6.07) is 0. The molecule has 8 heteroatoms. The molecular weight excluding hydrogens is 288 g/mol. The zero-order valence-electron chi connectivity index (χ0n) is 12.9. The Hall–Kier alpha value is -1.22. The lowest BCUT2D eigenvalue weighted by Crippen LogP contribution is -2.77. The van der Waals surface area contributed by atoms with Crippen molar-refractivity contribution in [1.29, 1.82) is 0 Å². The smallest absolute Gasteiger partial charge is 0.419 e. The van der Waals surface area contributed by atoms with Crippen LogP contribution in [0.1, 0.15) is 0 Å². The van der Waals surface area contributed by atoms with Gasteiger partial charge in [0, 0.05) is 39.3 Å². The van der Waals surface area contributed by atoms with Crippen LogP contribution in [-0.4, -0.2) is 87.6 Å². The highest BCUT2D eigenvalue weighted by molar-refractivity contribution is 6.29. The summed E-state index contributed by atoms with van der Waals surface area (Å²) in [6.45, 7) is 5.17. The molecule has 2 N–H and O–H groups in total. The maximum absolute atomic E-state index is 11.9. The summed E-state index contributed by atoms with van der Waals surface area (Å²) in [4.78, 5) is 28.2. The first-order valence-electron chi connectivity index (χ1n) is 7.68. The van der Waals surface area contributed by atoms with E-state index >= 15 is 0 Å². The van der Waals surface area contributed by atoms with Gasteiger partial charge in [0.1, 0.15) is 0 Å². The standard InChI is InChI=1S/C14H22N4O4/c1-17-5-13(6-17)3-15-11(13)21-9(19)10(20)22-12-14(4-16-12)7-18(2)8-14/h11-12,15-16H,3-8H2,1-2H3. The fourth-order valence-corrected chi connectivity index (χ4v) is 4.20. The number of esters is 2. The SMILES string of the molecule is CN1CC2(CNC2OC(=O)C(=O)OC2NCC23CN(C)C3)C1. The molecule has 0 bridgehead atoms. The van der Waals surface area contributed by atoms with E-state index < -0.39 is 11.9 Å². The normalized spacial score (nSPS) is 35.0. The third-order valence-corrected chi connectivity index (χ3v) is 5.35. The molecule has 0 aromatic rings. The molecule has 4 rings (SSSR count). The topological polar surface area (TPSA) is 83.1 Å². The first kappa shape index (κ1) is 14.4. The summed E-state index contributed by atoms with van der Waals surface area (Å²) in [7, 11) is 4.04. The molecule has 0 aliphatic carbocycles. The largest absolute Gasteiger partial charge is 0.437 e. The molecule has 0 aromatic carbocycles. The quantitative estimate of drug-likeness (QED) is 0.439. The van der Waals surface area contributed by atoms with Gasteiger partial charge < -0.3 is 19.3 Å². The van der Waals surface area contributed by atoms with Crippen LogP contribution in [0.3, 0.4) is 0 Å². The average molecular weight is 310 g/mol. The zero-order valence-corrected chi connectivity index (χ0v) is 12.9. The number of nitrogens with one attached hydrogen (secondary N) is 2. The number of hydrogen-bond acceptors (Lipinski definition) is 8. The molecule has 2 spiro atoms. The van der Waals surface area contributed by atoms with Crippen LogP contribution in [0.15, 0.2) is 0 Å². The van der Waals surface area contributed by atoms with E-state index in [-0.39, 0.29) is 23.3 Å². The third-order valence-electron chi connectivity index (χ3n) is 5.35. The highest BCUT2D eigenvalue weighted by atomic mass is 16.6. The van der Waals surface area contributed by atoms with Crippen LogP contribution in [0.5, 0.6) is 0 Å². The number of hydrogen-bond donors (Lipinski definition) is 2. The van der Waals surface area contributed by atoms with E-state index in [1.807, 2.05) is 14.1 Å². The third kappa shape index (κ3) is 1.98. The van der Waals surface area contributed by atoms with E-state index in [2.05, 4.69) is 20.4 Å². The number of nitrogens with zero attached hydrogens (tertiary/aromatic N) is 2. The van der Waals surface area contributed by atoms with Crippen molar-refractivity contribution in [3.63, 3.8) is 0 Å². The molecule has 8 nitrogen and oxygen atoms in total. The predicted molar refractivity (Wildman–Crippen MR) is 75.6 cm³/mol. The Morgan fingerprint density at radius 2 is 1.23 bits per heavy atom. The zero-order chi connectivity index (χ0) is 15.5. The van der Waals surface area contributed by atoms with Gasteiger partial charge in [-0.1, -0.05) is 0 Å². The molecule has 0 saturated carbocycles. The predicted octanol–water partition coefficient (Wildman–Crippen LogP) is -2.20. The fourth-order valence-electron chi connectivity index (χ4n) is 4.20. The Labute approximate surface area is 129 Å². The van der Waals surface area contributed by atoms with Gasteiger partial charge in [0.15, 0.2) is 12.5 Å². The van der Waals surface area contributed by atoms with Crippen molar-refractivity contribution in [3.05, 3.63) is 0 Å². The number of carbonyl (C=O) groups excluding carboxylic acids is 2. The van der Waals surface area contributed by atoms with Gasteiger partial charge in [-0.15, -0.1) is 0 Å². The molecular formula is C14H22N4O4. The second-order valence-corrected chi connectivity index (χ2v) is 7.40. The van der Waals surface area contributed by atoms with Crippen LogP contribution in [0, 0.1) is 10.8 Å². The van der Waals surface area contributed by atoms with E-state index in [1.54, 1.807) is 0 Å². The molecule has 122 valence electrons. The van der Waals surface area contributed by atoms with Crippen LogP contribution in [0.4, 0.5) is 0 Å². The average Bonchev–Trinajstić information content (AvgIpc) is 2.39. The van der Waals surface area contributed by atoms with Gasteiger partial charge in [0.2, 0.25) is 0 Å². The van der Waals surface area contributed by atoms with Crippen molar-refractivity contribution in [3.8, 4) is 0 Å². The first-order valence-corrected chi connectivity index (χ1v) is 7.68. The molecule has 0 amide bonds. The molecule has 0 radical (unpaired) electrons. The lowest BCUT2D eigenvalue weighted by atomic mass is 9.72. The van der Waals surface area contributed by atoms with E-state index in [0.29, 0.717) is 0 Å². The monoisotopic (exact) mass is 310 g/mol. The summed E-state index contributed by atoms with van der Waals surface area (Å²) in [5.41, 5.74) is -0.0331. The molecule has 2 unspecified atom stereocenters. The van der Waals surface area contributed by atoms with Gasteiger partial charge in [-0.25, -0.2) is 9.59 Å². The van der Waals surface area contributed by atoms with E-state index in [1.165, 1.54) is 0 Å². The molecule has 2 atom stereocenters. The second kappa shape index (κ2) is 4.64. The second-order valence-electron chi connectivity index (χ2n) is 7.40. The molecule has 4 saturated heterocycles. The number of ether oxygens (including phenoxy) is 2. The van der Waals surface area contributed by atoms with Crippen LogP contribution < -0.4 is 10.6 Å². The minimum Gasteiger partial charge on any atom is -0.437 e. The molecule has 0 aromatic heterocycles. The molecule has 4 heterocycles. The Bertz CT molecular complexity index is 467. The van der Waals surface area contributed by atoms with Gasteiger partial charge in [0.05, 0.1) is 10.8 Å². The Balaban J connectivity index is 1.27. The summed E-state index contributed by atoms with van der Waals surface area (Å²) in [5, 5.41) is 6.14. The Morgan fingerprint density at radius 1 is 0.864 bits per heavy atom. The summed E-state index contributed by atoms with van der Waals surface area (Å²) in [5.74, 6) is -1.80. The van der Waals surface area contributed by atoms with Gasteiger partial charge in [-0.3, -0.25) is 10.6 Å². The van der Waals surface area contributed by atoms with Gasteiger partial charge in [-0.05, 0) is 14.1 Å². The van der Waals surface area contributed by atoms with Crippen LogP contribution >= 0.6 is 0 Å². The van der Waals surface area contributed by atoms with Crippen molar-refractivity contribution < 1.29 is 19.1 Å². The molecule has 4 aliphatic rings. The summed E-state index contributed by atoms with van der Waals surface area (Å²) < 4.78 is 10.6. The minimum absolute atomic E-state index is 0.0166. The number of likely N-dealkylation sites (tertiary alicyclic amines) is 2. The minimum atomic E-state index is -0.900. The Kier molecular flexibility index (Phi) is 3.03. The molecule has 4 fully saturated rings. The first-order chi connectivity index (χ1) is 10.4. The lowest BCUT2D eigenvalue weighted by Gasteiger charge is -2.59. The fraction of sp³-hybridized carbons (Fsp3) is 0.857. The molecule has 22 heavy (non-hydrogen) atoms. The highest BCUT2D eigenvalue weighted by Crippen LogP contribution is 2.40. The van der Waals surface area contributed by atoms with Crippen molar-refractivity contribution in [2.45, 2.75) is 12.5 Å². The number of carbonyl (C=O) groups is 2. The van der Waals surface area contributed by atoms with E-state index in [0.717, 1.165) is 39.3 Å². The van der Waals surface area contributed by atoms with Crippen molar-refractivity contribution in [2.75, 3.05) is 53.4 Å². The van der Waals surface area contributed by atoms with Gasteiger partial charge in [0.25, 0.3) is 0 Å². The van der Waals surface area contributed by atoms with Crippen LogP contribution in [-0.2, 0) is 19.1 Å². The van der Waals surface area contributed by atoms with Crippen LogP contribution in [0.25, 0.3) is 0 Å². The van der Waals surface area contributed by atoms with Gasteiger partial charge >= 0.3 is 11.9 Å². The lowest BCUT2D eigenvalue weighted by molar-refractivity contribution is -0.216. The summed E-state index contributed by atoms with van der Waals surface area (Å²) in [6.07, 6.45) is -0.746.